The normalized spacial score (nSPS) is 23.4. The van der Waals surface area contributed by atoms with Crippen molar-refractivity contribution in [3.8, 4) is 0 Å². The largest absolute Gasteiger partial charge is 0.481 e. The van der Waals surface area contributed by atoms with E-state index in [1.807, 2.05) is 6.92 Å². The smallest absolute Gasteiger partial charge is 0.305 e. The number of fused-ring (bicyclic) bond motifs is 10. The molecule has 4 bridgehead atoms. The van der Waals surface area contributed by atoms with Gasteiger partial charge in [-0.05, 0) is 88.7 Å². The number of thioether (sulfide) groups is 2. The van der Waals surface area contributed by atoms with Gasteiger partial charge in [0.15, 0.2) is 11.9 Å². The molecule has 2 aromatic rings. The third-order valence-electron chi connectivity index (χ3n) is 22.5. The van der Waals surface area contributed by atoms with Crippen molar-refractivity contribution in [1.82, 2.24) is 117 Å². The highest BCUT2D eigenvalue weighted by Crippen LogP contribution is 2.27. The summed E-state index contributed by atoms with van der Waals surface area (Å²) in [5.74, 6) is -29.6. The molecule has 4 aliphatic heterocycles. The van der Waals surface area contributed by atoms with Gasteiger partial charge in [0.1, 0.15) is 84.6 Å². The average molecular weight is 2220 g/mol. The maximum absolute atomic E-state index is 14.7. The van der Waals surface area contributed by atoms with E-state index in [9.17, 15) is 135 Å². The predicted octanol–water partition coefficient (Wildman–Crippen LogP) is -7.66. The van der Waals surface area contributed by atoms with Crippen LogP contribution in [-0.2, 0) is 128 Å². The molecular formula is C90H132N26O28S6. The third-order valence-corrected chi connectivity index (χ3v) is 29.4. The number of hydrogen-bond acceptors (Lipinski definition) is 32. The number of carbonyl (C=O) groups is 24. The first-order valence-corrected chi connectivity index (χ1v) is 55.4. The van der Waals surface area contributed by atoms with E-state index in [4.69, 9.17) is 22.3 Å². The molecule has 54 nitrogen and oxygen atoms in total. The Labute approximate surface area is 886 Å². The lowest BCUT2D eigenvalue weighted by Crippen LogP contribution is -2.60. The van der Waals surface area contributed by atoms with Crippen molar-refractivity contribution < 1.29 is 135 Å². The molecule has 0 saturated carbocycles. The van der Waals surface area contributed by atoms with Gasteiger partial charge in [0, 0.05) is 99.0 Å². The lowest BCUT2D eigenvalue weighted by atomic mass is 10.0. The molecule has 4 saturated heterocycles. The van der Waals surface area contributed by atoms with Gasteiger partial charge in [-0.15, -0.1) is 23.5 Å². The highest BCUT2D eigenvalue weighted by Gasteiger charge is 2.41. The molecule has 4 aliphatic rings. The second-order valence-electron chi connectivity index (χ2n) is 35.0. The van der Waals surface area contributed by atoms with Crippen molar-refractivity contribution in [2.75, 3.05) is 91.8 Å². The maximum atomic E-state index is 14.7. The summed E-state index contributed by atoms with van der Waals surface area (Å²) in [6.45, 7) is 0.355. The van der Waals surface area contributed by atoms with Crippen molar-refractivity contribution in [2.24, 2.45) is 11.5 Å². The summed E-state index contributed by atoms with van der Waals surface area (Å²) in [5.41, 5.74) is 11.8. The Hall–Kier alpha value is -13.6. The predicted molar refractivity (Wildman–Crippen MR) is 553 cm³/mol. The van der Waals surface area contributed by atoms with Crippen LogP contribution in [-0.4, -0.2) is 357 Å². The van der Waals surface area contributed by atoms with Gasteiger partial charge in [-0.3, -0.25) is 126 Å². The van der Waals surface area contributed by atoms with Crippen molar-refractivity contribution in [3.05, 3.63) is 71.8 Å². The highest BCUT2D eigenvalue weighted by atomic mass is 33.1. The molecule has 826 valence electrons. The number of guanidine groups is 2. The molecule has 32 N–H and O–H groups in total. The zero-order valence-electron chi connectivity index (χ0n) is 82.1. The number of aliphatic carboxylic acids is 4. The van der Waals surface area contributed by atoms with Gasteiger partial charge in [-0.1, -0.05) is 117 Å². The fourth-order valence-electron chi connectivity index (χ4n) is 14.8. The number of carboxylic acid groups (broad SMARTS) is 4. The molecule has 6 rings (SSSR count). The highest BCUT2D eigenvalue weighted by molar-refractivity contribution is 8.77. The summed E-state index contributed by atoms with van der Waals surface area (Å²) >= 11 is 1.54. The van der Waals surface area contributed by atoms with Crippen LogP contribution in [0.25, 0.3) is 0 Å². The summed E-state index contributed by atoms with van der Waals surface area (Å²) in [4.78, 5) is 329. The molecule has 20 amide bonds. The fraction of sp³-hybridized carbons (Fsp3) is 0.578. The minimum absolute atomic E-state index is 0.00192. The average Bonchev–Trinajstić information content (AvgIpc) is 1.14. The first-order chi connectivity index (χ1) is 71.5. The van der Waals surface area contributed by atoms with E-state index in [0.29, 0.717) is 75.5 Å². The second kappa shape index (κ2) is 68.1. The van der Waals surface area contributed by atoms with Crippen LogP contribution >= 0.6 is 66.7 Å². The van der Waals surface area contributed by atoms with Crippen molar-refractivity contribution in [2.45, 2.75) is 232 Å². The Morgan fingerprint density at radius 1 is 0.333 bits per heavy atom. The van der Waals surface area contributed by atoms with Crippen LogP contribution in [0.1, 0.15) is 140 Å². The van der Waals surface area contributed by atoms with Gasteiger partial charge in [0.05, 0.1) is 50.3 Å². The van der Waals surface area contributed by atoms with E-state index in [-0.39, 0.29) is 107 Å². The Balaban J connectivity index is 1.04. The molecule has 60 heteroatoms. The van der Waals surface area contributed by atoms with Crippen molar-refractivity contribution in [1.29, 1.82) is 10.8 Å². The quantitative estimate of drug-likeness (QED) is 0.0128. The molecule has 1 unspecified atom stereocenters. The number of hydrogen-bond donors (Lipinski definition) is 30. The third kappa shape index (κ3) is 50.1. The van der Waals surface area contributed by atoms with Gasteiger partial charge in [0.25, 0.3) is 0 Å². The Morgan fingerprint density at radius 2 is 0.640 bits per heavy atom. The monoisotopic (exact) mass is 2220 g/mol. The van der Waals surface area contributed by atoms with Gasteiger partial charge in [-0.25, -0.2) is 0 Å². The molecule has 0 aliphatic carbocycles. The zero-order valence-corrected chi connectivity index (χ0v) is 87.0. The SMILES string of the molecule is CC(CCCCNC(=O)CCCCCNC(=O)[C@@H]1CSCC(=O)N[C@H](CC(=O)O)C(=O)N[C@H]2CSSC[C@H](NC(=O)[C@@H](CC(=O)O)NC(=O)CNC(=O)[C@@H](CCCNC(=N)N)NC2=O)C(=O)N[C@H](Cc2ccccc2)C(=O)N1)NC(=O)CCCCCNC(=O)[C@@H]1CSCC(=O)N[C@@H](CC(=O)O)C(=O)N[C@H]2CSSC[C@H](NC(=O)[C@@H](CC(=O)O)NC(=O)CNC(=O)[C@@H](CCCNC(=N)N)NC2=O)C(=O)N[C@H](Cc2ccccc2)C(=O)N1. The standard InChI is InChI=1S/C90H132N26O28S6/c1-48(102-66(118)26-11-5-14-29-97-78(134)60-41-146-47-70(122)106-58(37-74(129)130)84(140)114-62-43-148-150-45-64(88(144)110-54(80(136)112-60)33-50-21-8-3-9-22-50)116-82(138)56(35-72(125)126)104-68(120)39-101-76(132)52(108-86(62)142)24-17-31-99-90(93)94)18-12-15-27-95-65(117)25-10-4-13-28-96-77(133)59-40-145-46-69(121)105-57(36-73(127)128)83(139)113-61-42-147-149-44-63(87(143)109-53(79(135)111-59)32-49-19-6-2-7-20-49)115-81(137)55(34-71(123)124)103-67(119)38-100-75(131)51(107-85(61)141)23-16-30-98-89(91)92/h2-3,6-9,19-22,48,51-64H,4-5,10-18,23-47H2,1H3,(H,95,117)(H,96,133)(H,97,134)(H,100,131)(H,101,132)(H,102,118)(H,103,119)(H,104,120)(H,105,121)(H,106,122)(H,107,141)(H,108,142)(H,109,143)(H,110,144)(H,111,135)(H,112,136)(H,113,139)(H,114,140)(H,115,137)(H,116,138)(H,123,124)(H,125,126)(H,127,128)(H,129,130)(H4,91,92,98)(H4,93,94,99)/t48?,51-,52-,53-,54-,55-,56-,57-,58+,59+,60+,61+,62+,63+,64+/m1/s1. The van der Waals surface area contributed by atoms with Crippen LogP contribution < -0.4 is 128 Å². The number of carboxylic acids is 4. The molecule has 150 heavy (non-hydrogen) atoms. The lowest BCUT2D eigenvalue weighted by molar-refractivity contribution is -0.141. The van der Waals surface area contributed by atoms with Crippen LogP contribution in [0.15, 0.2) is 60.7 Å². The van der Waals surface area contributed by atoms with Gasteiger partial charge < -0.3 is 149 Å². The van der Waals surface area contributed by atoms with Gasteiger partial charge in [-0.2, -0.15) is 0 Å². The zero-order chi connectivity index (χ0) is 110. The van der Waals surface area contributed by atoms with Crippen LogP contribution in [0.2, 0.25) is 0 Å². The molecule has 15 atom stereocenters. The van der Waals surface area contributed by atoms with Gasteiger partial charge in [0.2, 0.25) is 118 Å². The Kier molecular flexibility index (Phi) is 56.8. The summed E-state index contributed by atoms with van der Waals surface area (Å²) in [6.07, 6.45) is -0.742. The molecule has 4 heterocycles. The van der Waals surface area contributed by atoms with E-state index < -0.39 is 300 Å². The number of benzene rings is 2. The summed E-state index contributed by atoms with van der Waals surface area (Å²) in [7, 11) is 3.28. The lowest BCUT2D eigenvalue weighted by Gasteiger charge is -2.27. The molecule has 0 aromatic heterocycles. The minimum Gasteiger partial charge on any atom is -0.481 e. The van der Waals surface area contributed by atoms with E-state index >= 15 is 0 Å². The van der Waals surface area contributed by atoms with E-state index in [0.717, 1.165) is 66.7 Å². The van der Waals surface area contributed by atoms with Crippen LogP contribution in [0, 0.1) is 10.8 Å². The number of unbranched alkanes of at least 4 members (excludes halogenated alkanes) is 5. The van der Waals surface area contributed by atoms with E-state index in [2.05, 4.69) is 117 Å². The molecular weight excluding hydrogens is 2090 g/mol. The van der Waals surface area contributed by atoms with Crippen LogP contribution in [0.5, 0.6) is 0 Å². The number of nitrogens with one attached hydrogen (secondary N) is 24. The topological polar surface area (TPSA) is 855 Å². The minimum atomic E-state index is -1.88. The number of rotatable bonds is 40. The number of nitrogens with two attached hydrogens (primary N) is 2. The van der Waals surface area contributed by atoms with Crippen LogP contribution in [0.4, 0.5) is 0 Å². The molecule has 2 aromatic carbocycles. The van der Waals surface area contributed by atoms with Crippen molar-refractivity contribution >= 4 is 221 Å². The van der Waals surface area contributed by atoms with E-state index in [1.54, 1.807) is 60.7 Å². The summed E-state index contributed by atoms with van der Waals surface area (Å²) in [6, 6.07) is -6.99. The molecule has 0 spiro atoms. The number of amides is 20. The Morgan fingerprint density at radius 3 is 0.980 bits per heavy atom. The van der Waals surface area contributed by atoms with E-state index in [1.165, 1.54) is 0 Å². The molecule has 0 radical (unpaired) electrons. The fourth-order valence-corrected chi connectivity index (χ4v) is 21.1. The summed E-state index contributed by atoms with van der Waals surface area (Å²) < 4.78 is 0. The first-order valence-electron chi connectivity index (χ1n) is 48.1. The van der Waals surface area contributed by atoms with Crippen LogP contribution in [0.3, 0.4) is 0 Å². The first kappa shape index (κ1) is 125. The van der Waals surface area contributed by atoms with Gasteiger partial charge >= 0.3 is 23.9 Å². The summed E-state index contributed by atoms with van der Waals surface area (Å²) in [5, 5.41) is 110. The second-order valence-corrected chi connectivity index (χ2v) is 42.1. The molecule has 4 fully saturated rings. The van der Waals surface area contributed by atoms with Crippen molar-refractivity contribution in [3.63, 3.8) is 0 Å². The Bertz CT molecular complexity index is 5050. The number of carbonyl (C=O) groups excluding carboxylic acids is 20. The maximum Gasteiger partial charge on any atom is 0.305 e.